The molecule has 1 aliphatic carbocycles. The van der Waals surface area contributed by atoms with Crippen molar-refractivity contribution in [2.24, 2.45) is 5.92 Å². The summed E-state index contributed by atoms with van der Waals surface area (Å²) in [4.78, 5) is 12.3. The van der Waals surface area contributed by atoms with E-state index in [1.54, 1.807) is 18.2 Å². The van der Waals surface area contributed by atoms with E-state index in [4.69, 9.17) is 14.7 Å². The predicted molar refractivity (Wildman–Crippen MR) is 113 cm³/mol. The molecule has 158 valence electrons. The number of nitrogens with zero attached hydrogens (tertiary/aromatic N) is 1. The summed E-state index contributed by atoms with van der Waals surface area (Å²) in [5, 5.41) is 8.77. The zero-order valence-corrected chi connectivity index (χ0v) is 17.4. The van der Waals surface area contributed by atoms with Crippen LogP contribution in [0.4, 0.5) is 4.39 Å². The van der Waals surface area contributed by atoms with Gasteiger partial charge in [0, 0.05) is 19.3 Å². The van der Waals surface area contributed by atoms with Gasteiger partial charge in [-0.3, -0.25) is 0 Å². The number of carbonyl (C=O) groups excluding carboxylic acids is 1. The molecule has 0 amide bonds. The molecule has 0 heterocycles. The van der Waals surface area contributed by atoms with E-state index in [0.717, 1.165) is 38.5 Å². The highest BCUT2D eigenvalue weighted by atomic mass is 19.1. The highest BCUT2D eigenvalue weighted by Gasteiger charge is 2.23. The number of carbonyl (C=O) groups is 1. The molecule has 1 aliphatic rings. The molecule has 4 nitrogen and oxygen atoms in total. The van der Waals surface area contributed by atoms with Gasteiger partial charge in [0.1, 0.15) is 17.6 Å². The first kappa shape index (κ1) is 22.0. The van der Waals surface area contributed by atoms with Gasteiger partial charge in [-0.2, -0.15) is 5.26 Å². The standard InChI is InChI=1S/C25H28FNO3/c1-2-3-14-29-17-18-4-6-19(7-5-18)20-8-10-21(11-9-20)25(28)30-23-13-12-22(16-27)24(26)15-23/h8-13,15,18-19H,2-7,14,17H2,1H3. The van der Waals surface area contributed by atoms with Crippen LogP contribution >= 0.6 is 0 Å². The third kappa shape index (κ3) is 5.90. The van der Waals surface area contributed by atoms with E-state index in [1.807, 2.05) is 12.1 Å². The van der Waals surface area contributed by atoms with Crippen molar-refractivity contribution in [2.45, 2.75) is 51.4 Å². The Bertz CT molecular complexity index is 880. The number of halogens is 1. The van der Waals surface area contributed by atoms with Gasteiger partial charge in [0.05, 0.1) is 11.1 Å². The second kappa shape index (κ2) is 10.9. The third-order valence-corrected chi connectivity index (χ3v) is 5.73. The van der Waals surface area contributed by atoms with E-state index < -0.39 is 11.8 Å². The van der Waals surface area contributed by atoms with Crippen LogP contribution in [-0.4, -0.2) is 19.2 Å². The molecule has 0 aromatic heterocycles. The Balaban J connectivity index is 1.51. The second-order valence-corrected chi connectivity index (χ2v) is 7.91. The fourth-order valence-electron chi connectivity index (χ4n) is 3.87. The maximum Gasteiger partial charge on any atom is 0.343 e. The molecule has 1 fully saturated rings. The zero-order valence-electron chi connectivity index (χ0n) is 17.4. The van der Waals surface area contributed by atoms with Gasteiger partial charge in [-0.1, -0.05) is 25.5 Å². The van der Waals surface area contributed by atoms with Crippen LogP contribution in [-0.2, 0) is 4.74 Å². The minimum atomic E-state index is -0.704. The monoisotopic (exact) mass is 409 g/mol. The third-order valence-electron chi connectivity index (χ3n) is 5.73. The lowest BCUT2D eigenvalue weighted by Gasteiger charge is -2.28. The smallest absolute Gasteiger partial charge is 0.343 e. The number of ether oxygens (including phenoxy) is 2. The van der Waals surface area contributed by atoms with Crippen LogP contribution in [0.25, 0.3) is 0 Å². The summed E-state index contributed by atoms with van der Waals surface area (Å²) >= 11 is 0. The minimum absolute atomic E-state index is 0.0820. The van der Waals surface area contributed by atoms with Crippen molar-refractivity contribution in [3.8, 4) is 11.8 Å². The molecule has 0 radical (unpaired) electrons. The Labute approximate surface area is 177 Å². The molecule has 0 atom stereocenters. The molecule has 0 bridgehead atoms. The van der Waals surface area contributed by atoms with Gasteiger partial charge in [0.2, 0.25) is 0 Å². The van der Waals surface area contributed by atoms with Crippen LogP contribution in [0.15, 0.2) is 42.5 Å². The van der Waals surface area contributed by atoms with Gasteiger partial charge in [-0.15, -0.1) is 0 Å². The summed E-state index contributed by atoms with van der Waals surface area (Å²) in [6, 6.07) is 13.0. The molecule has 30 heavy (non-hydrogen) atoms. The number of benzene rings is 2. The Hall–Kier alpha value is -2.71. The average Bonchev–Trinajstić information content (AvgIpc) is 2.77. The molecular formula is C25H28FNO3. The summed E-state index contributed by atoms with van der Waals surface area (Å²) < 4.78 is 24.7. The first-order valence-corrected chi connectivity index (χ1v) is 10.7. The number of unbranched alkanes of at least 4 members (excludes halogenated alkanes) is 1. The number of hydrogen-bond donors (Lipinski definition) is 0. The normalized spacial score (nSPS) is 18.6. The van der Waals surface area contributed by atoms with Crippen LogP contribution in [0.5, 0.6) is 5.75 Å². The van der Waals surface area contributed by atoms with E-state index in [-0.39, 0.29) is 11.3 Å². The minimum Gasteiger partial charge on any atom is -0.423 e. The summed E-state index contributed by atoms with van der Waals surface area (Å²) in [6.45, 7) is 3.91. The van der Waals surface area contributed by atoms with E-state index in [2.05, 4.69) is 6.92 Å². The lowest BCUT2D eigenvalue weighted by atomic mass is 9.79. The Morgan fingerprint density at radius 2 is 1.87 bits per heavy atom. The summed E-state index contributed by atoms with van der Waals surface area (Å²) in [5.41, 5.74) is 1.57. The SMILES string of the molecule is CCCCOCC1CCC(c2ccc(C(=O)Oc3ccc(C#N)c(F)c3)cc2)CC1. The topological polar surface area (TPSA) is 59.3 Å². The van der Waals surface area contributed by atoms with Gasteiger partial charge in [-0.05, 0) is 73.8 Å². The molecule has 0 spiro atoms. The molecule has 1 saturated carbocycles. The van der Waals surface area contributed by atoms with E-state index in [1.165, 1.54) is 37.0 Å². The van der Waals surface area contributed by atoms with Gasteiger partial charge < -0.3 is 9.47 Å². The molecular weight excluding hydrogens is 381 g/mol. The Morgan fingerprint density at radius 1 is 1.13 bits per heavy atom. The molecule has 0 unspecified atom stereocenters. The maximum absolute atomic E-state index is 13.7. The number of nitriles is 1. The number of rotatable bonds is 8. The quantitative estimate of drug-likeness (QED) is 0.304. The van der Waals surface area contributed by atoms with Crippen LogP contribution < -0.4 is 4.74 Å². The van der Waals surface area contributed by atoms with Crippen LogP contribution in [0.1, 0.15) is 72.9 Å². The zero-order chi connectivity index (χ0) is 21.3. The first-order chi connectivity index (χ1) is 14.6. The summed E-state index contributed by atoms with van der Waals surface area (Å²) in [5.74, 6) is -0.00193. The van der Waals surface area contributed by atoms with Crippen molar-refractivity contribution in [1.82, 2.24) is 0 Å². The van der Waals surface area contributed by atoms with E-state index in [0.29, 0.717) is 17.4 Å². The second-order valence-electron chi connectivity index (χ2n) is 7.91. The fourth-order valence-corrected chi connectivity index (χ4v) is 3.87. The van der Waals surface area contributed by atoms with Gasteiger partial charge in [0.25, 0.3) is 0 Å². The van der Waals surface area contributed by atoms with Crippen LogP contribution in [0, 0.1) is 23.1 Å². The maximum atomic E-state index is 13.7. The molecule has 0 aliphatic heterocycles. The largest absolute Gasteiger partial charge is 0.423 e. The summed E-state index contributed by atoms with van der Waals surface area (Å²) in [6.07, 6.45) is 6.91. The molecule has 0 N–H and O–H groups in total. The number of esters is 1. The van der Waals surface area contributed by atoms with Crippen molar-refractivity contribution < 1.29 is 18.7 Å². The van der Waals surface area contributed by atoms with Gasteiger partial charge >= 0.3 is 5.97 Å². The lowest BCUT2D eigenvalue weighted by molar-refractivity contribution is 0.0734. The molecule has 5 heteroatoms. The Kier molecular flexibility index (Phi) is 7.98. The van der Waals surface area contributed by atoms with Gasteiger partial charge in [0.15, 0.2) is 0 Å². The Morgan fingerprint density at radius 3 is 2.50 bits per heavy atom. The van der Waals surface area contributed by atoms with Crippen molar-refractivity contribution in [3.05, 3.63) is 65.0 Å². The summed E-state index contributed by atoms with van der Waals surface area (Å²) in [7, 11) is 0. The van der Waals surface area contributed by atoms with Crippen molar-refractivity contribution in [2.75, 3.05) is 13.2 Å². The first-order valence-electron chi connectivity index (χ1n) is 10.7. The van der Waals surface area contributed by atoms with E-state index in [9.17, 15) is 9.18 Å². The molecule has 3 rings (SSSR count). The highest BCUT2D eigenvalue weighted by Crippen LogP contribution is 2.36. The van der Waals surface area contributed by atoms with Crippen molar-refractivity contribution in [1.29, 1.82) is 5.26 Å². The molecule has 2 aromatic rings. The van der Waals surface area contributed by atoms with Gasteiger partial charge in [-0.25, -0.2) is 9.18 Å². The fraction of sp³-hybridized carbons (Fsp3) is 0.440. The van der Waals surface area contributed by atoms with Crippen molar-refractivity contribution in [3.63, 3.8) is 0 Å². The van der Waals surface area contributed by atoms with Crippen molar-refractivity contribution >= 4 is 5.97 Å². The molecule has 2 aromatic carbocycles. The predicted octanol–water partition coefficient (Wildman–Crippen LogP) is 6.01. The van der Waals surface area contributed by atoms with E-state index >= 15 is 0 Å². The highest BCUT2D eigenvalue weighted by molar-refractivity contribution is 5.91. The van der Waals surface area contributed by atoms with Crippen LogP contribution in [0.2, 0.25) is 0 Å². The molecule has 0 saturated heterocycles. The average molecular weight is 410 g/mol. The lowest BCUT2D eigenvalue weighted by Crippen LogP contribution is -2.18. The van der Waals surface area contributed by atoms with Crippen LogP contribution in [0.3, 0.4) is 0 Å². The number of hydrogen-bond acceptors (Lipinski definition) is 4.